The molecule has 0 spiro atoms. The van der Waals surface area contributed by atoms with Gasteiger partial charge >= 0.3 is 0 Å². The van der Waals surface area contributed by atoms with Gasteiger partial charge in [0, 0.05) is 26.9 Å². The van der Waals surface area contributed by atoms with Crippen molar-refractivity contribution in [2.24, 2.45) is 0 Å². The Morgan fingerprint density at radius 3 is 2.67 bits per heavy atom. The summed E-state index contributed by atoms with van der Waals surface area (Å²) in [5.74, 6) is 0.0763. The fourth-order valence-corrected chi connectivity index (χ4v) is 2.78. The maximum atomic E-state index is 11.5. The first-order chi connectivity index (χ1) is 8.70. The normalized spacial score (nSPS) is 10.3. The van der Waals surface area contributed by atoms with E-state index in [-0.39, 0.29) is 5.78 Å². The Kier molecular flexibility index (Phi) is 4.55. The van der Waals surface area contributed by atoms with Gasteiger partial charge in [0.05, 0.1) is 0 Å². The molecule has 2 rings (SSSR count). The Bertz CT molecular complexity index is 554. The lowest BCUT2D eigenvalue weighted by molar-refractivity contribution is 0.0983. The molecular weight excluding hydrogens is 310 g/mol. The van der Waals surface area contributed by atoms with Crippen LogP contribution in [0.5, 0.6) is 0 Å². The molecule has 4 heteroatoms. The fraction of sp³-hybridized carbons (Fsp3) is 0.143. The van der Waals surface area contributed by atoms with Gasteiger partial charge in [-0.2, -0.15) is 0 Å². The van der Waals surface area contributed by atoms with Crippen LogP contribution in [0.25, 0.3) is 0 Å². The highest BCUT2D eigenvalue weighted by molar-refractivity contribution is 9.10. The number of pyridine rings is 1. The van der Waals surface area contributed by atoms with Gasteiger partial charge in [-0.25, -0.2) is 0 Å². The Balaban J connectivity index is 2.16. The molecule has 0 saturated heterocycles. The highest BCUT2D eigenvalue weighted by Crippen LogP contribution is 2.32. The molecule has 0 aliphatic rings. The maximum absolute atomic E-state index is 11.5. The number of aromatic nitrogens is 1. The lowest BCUT2D eigenvalue weighted by Gasteiger charge is -2.04. The van der Waals surface area contributed by atoms with Crippen LogP contribution in [-0.4, -0.2) is 10.8 Å². The smallest absolute Gasteiger partial charge is 0.180 e. The lowest BCUT2D eigenvalue weighted by atomic mass is 10.2. The topological polar surface area (TPSA) is 30.0 Å². The summed E-state index contributed by atoms with van der Waals surface area (Å²) in [6.45, 7) is 1.84. The van der Waals surface area contributed by atoms with Gasteiger partial charge in [-0.15, -0.1) is 0 Å². The van der Waals surface area contributed by atoms with E-state index in [2.05, 4.69) is 20.9 Å². The fourth-order valence-electron chi connectivity index (χ4n) is 1.44. The van der Waals surface area contributed by atoms with Crippen LogP contribution >= 0.6 is 27.7 Å². The number of nitrogens with zero attached hydrogens (tertiary/aromatic N) is 1. The van der Waals surface area contributed by atoms with Gasteiger partial charge in [-0.05, 0) is 40.2 Å². The highest BCUT2D eigenvalue weighted by atomic mass is 79.9. The summed E-state index contributed by atoms with van der Waals surface area (Å²) >= 11 is 5.13. The standard InChI is InChI=1S/C14H12BrNOS/c1-2-13(17)12-8-7-10(9-16-12)18-14-6-4-3-5-11(14)15/h3-9H,2H2,1H3. The van der Waals surface area contributed by atoms with E-state index < -0.39 is 0 Å². The van der Waals surface area contributed by atoms with Gasteiger partial charge in [0.1, 0.15) is 5.69 Å². The summed E-state index contributed by atoms with van der Waals surface area (Å²) in [7, 11) is 0. The average molecular weight is 322 g/mol. The first kappa shape index (κ1) is 13.3. The molecule has 92 valence electrons. The zero-order valence-electron chi connectivity index (χ0n) is 9.89. The number of ketones is 1. The van der Waals surface area contributed by atoms with E-state index in [1.807, 2.05) is 37.3 Å². The lowest BCUT2D eigenvalue weighted by Crippen LogP contribution is -1.99. The molecule has 18 heavy (non-hydrogen) atoms. The maximum Gasteiger partial charge on any atom is 0.180 e. The van der Waals surface area contributed by atoms with Crippen LogP contribution in [0.2, 0.25) is 0 Å². The summed E-state index contributed by atoms with van der Waals surface area (Å²) in [5, 5.41) is 0. The number of carbonyl (C=O) groups excluding carboxylic acids is 1. The van der Waals surface area contributed by atoms with Crippen molar-refractivity contribution in [3.8, 4) is 0 Å². The Morgan fingerprint density at radius 1 is 1.28 bits per heavy atom. The van der Waals surface area contributed by atoms with Crippen molar-refractivity contribution in [1.82, 2.24) is 4.98 Å². The quantitative estimate of drug-likeness (QED) is 0.771. The molecule has 0 fully saturated rings. The molecule has 0 aliphatic heterocycles. The van der Waals surface area contributed by atoms with Crippen molar-refractivity contribution < 1.29 is 4.79 Å². The summed E-state index contributed by atoms with van der Waals surface area (Å²) in [5.41, 5.74) is 0.536. The largest absolute Gasteiger partial charge is 0.292 e. The summed E-state index contributed by atoms with van der Waals surface area (Å²) in [4.78, 5) is 17.8. The van der Waals surface area contributed by atoms with Crippen molar-refractivity contribution >= 4 is 33.5 Å². The predicted molar refractivity (Wildman–Crippen MR) is 77.1 cm³/mol. The minimum Gasteiger partial charge on any atom is -0.292 e. The van der Waals surface area contributed by atoms with Crippen molar-refractivity contribution in [1.29, 1.82) is 0 Å². The molecule has 1 heterocycles. The molecule has 1 aromatic heterocycles. The summed E-state index contributed by atoms with van der Waals surface area (Å²) in [6.07, 6.45) is 2.23. The Morgan fingerprint density at radius 2 is 2.06 bits per heavy atom. The third-order valence-electron chi connectivity index (χ3n) is 2.41. The number of halogens is 1. The van der Waals surface area contributed by atoms with E-state index in [1.165, 1.54) is 0 Å². The number of hydrogen-bond donors (Lipinski definition) is 0. The molecule has 2 nitrogen and oxygen atoms in total. The monoisotopic (exact) mass is 321 g/mol. The molecule has 0 N–H and O–H groups in total. The zero-order valence-corrected chi connectivity index (χ0v) is 12.3. The molecule has 0 saturated carbocycles. The van der Waals surface area contributed by atoms with Gasteiger partial charge in [0.2, 0.25) is 0 Å². The van der Waals surface area contributed by atoms with Crippen LogP contribution in [0.1, 0.15) is 23.8 Å². The molecule has 0 unspecified atom stereocenters. The van der Waals surface area contributed by atoms with Crippen molar-refractivity contribution in [3.63, 3.8) is 0 Å². The molecule has 0 bridgehead atoms. The van der Waals surface area contributed by atoms with Crippen LogP contribution in [-0.2, 0) is 0 Å². The van der Waals surface area contributed by atoms with Crippen molar-refractivity contribution in [2.45, 2.75) is 23.1 Å². The number of rotatable bonds is 4. The highest BCUT2D eigenvalue weighted by Gasteiger charge is 2.06. The van der Waals surface area contributed by atoms with E-state index in [0.717, 1.165) is 14.3 Å². The minimum atomic E-state index is 0.0763. The molecule has 1 aromatic carbocycles. The minimum absolute atomic E-state index is 0.0763. The van der Waals surface area contributed by atoms with Crippen LogP contribution < -0.4 is 0 Å². The van der Waals surface area contributed by atoms with E-state index in [0.29, 0.717) is 12.1 Å². The van der Waals surface area contributed by atoms with Crippen LogP contribution in [0.15, 0.2) is 56.9 Å². The van der Waals surface area contributed by atoms with Crippen LogP contribution in [0, 0.1) is 0 Å². The number of Topliss-reactive ketones (excluding diaryl/α,β-unsaturated/α-hetero) is 1. The summed E-state index contributed by atoms with van der Waals surface area (Å²) < 4.78 is 1.06. The van der Waals surface area contributed by atoms with Gasteiger partial charge < -0.3 is 0 Å². The molecule has 0 aliphatic carbocycles. The number of benzene rings is 1. The Labute approximate surface area is 119 Å². The predicted octanol–water partition coefficient (Wildman–Crippen LogP) is 4.59. The first-order valence-electron chi connectivity index (χ1n) is 5.62. The van der Waals surface area contributed by atoms with E-state index in [1.54, 1.807) is 24.0 Å². The van der Waals surface area contributed by atoms with Crippen LogP contribution in [0.4, 0.5) is 0 Å². The first-order valence-corrected chi connectivity index (χ1v) is 7.23. The van der Waals surface area contributed by atoms with Gasteiger partial charge in [0.25, 0.3) is 0 Å². The molecule has 0 amide bonds. The zero-order chi connectivity index (χ0) is 13.0. The van der Waals surface area contributed by atoms with Gasteiger partial charge in [0.15, 0.2) is 5.78 Å². The van der Waals surface area contributed by atoms with E-state index >= 15 is 0 Å². The third-order valence-corrected chi connectivity index (χ3v) is 4.41. The second kappa shape index (κ2) is 6.16. The second-order valence-corrected chi connectivity index (χ2v) is 5.66. The van der Waals surface area contributed by atoms with Crippen LogP contribution in [0.3, 0.4) is 0 Å². The van der Waals surface area contributed by atoms with Crippen molar-refractivity contribution in [2.75, 3.05) is 0 Å². The van der Waals surface area contributed by atoms with Crippen molar-refractivity contribution in [3.05, 3.63) is 52.8 Å². The molecule has 0 radical (unpaired) electrons. The van der Waals surface area contributed by atoms with Gasteiger partial charge in [-0.1, -0.05) is 30.8 Å². The SMILES string of the molecule is CCC(=O)c1ccc(Sc2ccccc2Br)cn1. The van der Waals surface area contributed by atoms with E-state index in [9.17, 15) is 4.79 Å². The molecular formula is C14H12BrNOS. The second-order valence-electron chi connectivity index (χ2n) is 3.69. The number of hydrogen-bond acceptors (Lipinski definition) is 3. The molecule has 2 aromatic rings. The third kappa shape index (κ3) is 3.21. The Hall–Kier alpha value is -1.13. The average Bonchev–Trinajstić information content (AvgIpc) is 2.41. The van der Waals surface area contributed by atoms with E-state index in [4.69, 9.17) is 0 Å². The summed E-state index contributed by atoms with van der Waals surface area (Å²) in [6, 6.07) is 11.7. The molecule has 0 atom stereocenters. The number of carbonyl (C=O) groups is 1. The van der Waals surface area contributed by atoms with Gasteiger partial charge in [-0.3, -0.25) is 9.78 Å².